The zero-order valence-electron chi connectivity index (χ0n) is 10.2. The summed E-state index contributed by atoms with van der Waals surface area (Å²) in [5.74, 6) is -0.444. The van der Waals surface area contributed by atoms with E-state index in [2.05, 4.69) is 31.9 Å². The van der Waals surface area contributed by atoms with E-state index in [9.17, 15) is 9.18 Å². The van der Waals surface area contributed by atoms with Gasteiger partial charge < -0.3 is 0 Å². The molecule has 2 aromatic carbocycles. The predicted molar refractivity (Wildman–Crippen MR) is 81.0 cm³/mol. The first kappa shape index (κ1) is 14.4. The summed E-state index contributed by atoms with van der Waals surface area (Å²) in [6.45, 7) is 1.87. The molecule has 0 aromatic heterocycles. The number of hydrogen-bond donors (Lipinski definition) is 0. The van der Waals surface area contributed by atoms with E-state index in [1.807, 2.05) is 19.1 Å². The van der Waals surface area contributed by atoms with Crippen LogP contribution in [0.4, 0.5) is 4.39 Å². The summed E-state index contributed by atoms with van der Waals surface area (Å²) in [6.07, 6.45) is 0.0581. The van der Waals surface area contributed by atoms with Crippen molar-refractivity contribution < 1.29 is 9.18 Å². The van der Waals surface area contributed by atoms with Crippen LogP contribution in [0.1, 0.15) is 21.5 Å². The van der Waals surface area contributed by atoms with Gasteiger partial charge in [0.1, 0.15) is 5.82 Å². The van der Waals surface area contributed by atoms with Gasteiger partial charge in [0, 0.05) is 20.9 Å². The smallest absolute Gasteiger partial charge is 0.167 e. The Morgan fingerprint density at radius 2 is 1.95 bits per heavy atom. The van der Waals surface area contributed by atoms with Gasteiger partial charge in [0.25, 0.3) is 0 Å². The molecule has 0 saturated heterocycles. The van der Waals surface area contributed by atoms with Gasteiger partial charge in [-0.15, -0.1) is 0 Å². The maximum absolute atomic E-state index is 13.6. The molecule has 0 bridgehead atoms. The number of ketones is 1. The summed E-state index contributed by atoms with van der Waals surface area (Å²) < 4.78 is 15.3. The molecular weight excluding hydrogens is 375 g/mol. The summed E-state index contributed by atoms with van der Waals surface area (Å²) in [5, 5.41) is 0. The Hall–Kier alpha value is -1.00. The van der Waals surface area contributed by atoms with Crippen LogP contribution in [0.25, 0.3) is 0 Å². The van der Waals surface area contributed by atoms with Gasteiger partial charge in [-0.3, -0.25) is 4.79 Å². The molecule has 2 rings (SSSR count). The normalized spacial score (nSPS) is 10.5. The third-order valence-electron chi connectivity index (χ3n) is 2.93. The lowest BCUT2D eigenvalue weighted by atomic mass is 9.99. The average Bonchev–Trinajstić information content (AvgIpc) is 2.37. The van der Waals surface area contributed by atoms with Crippen molar-refractivity contribution in [1.29, 1.82) is 0 Å². The third kappa shape index (κ3) is 3.31. The van der Waals surface area contributed by atoms with Gasteiger partial charge in [0.05, 0.1) is 0 Å². The Bertz CT molecular complexity index is 638. The molecule has 0 heterocycles. The molecule has 0 aliphatic carbocycles. The van der Waals surface area contributed by atoms with Crippen LogP contribution < -0.4 is 0 Å². The number of Topliss-reactive ketones (excluding diaryl/α,β-unsaturated/α-hetero) is 1. The van der Waals surface area contributed by atoms with E-state index in [4.69, 9.17) is 0 Å². The highest BCUT2D eigenvalue weighted by molar-refractivity contribution is 9.10. The first-order chi connectivity index (χ1) is 8.99. The summed E-state index contributed by atoms with van der Waals surface area (Å²) >= 11 is 6.68. The molecular formula is C15H11Br2FO. The van der Waals surface area contributed by atoms with Gasteiger partial charge in [0.15, 0.2) is 5.78 Å². The fraction of sp³-hybridized carbons (Fsp3) is 0.133. The van der Waals surface area contributed by atoms with E-state index < -0.39 is 0 Å². The number of hydrogen-bond acceptors (Lipinski definition) is 1. The van der Waals surface area contributed by atoms with Crippen molar-refractivity contribution in [3.8, 4) is 0 Å². The molecule has 19 heavy (non-hydrogen) atoms. The van der Waals surface area contributed by atoms with Crippen molar-refractivity contribution in [2.24, 2.45) is 0 Å². The van der Waals surface area contributed by atoms with Crippen molar-refractivity contribution >= 4 is 37.6 Å². The Labute approximate surface area is 128 Å². The van der Waals surface area contributed by atoms with Crippen LogP contribution in [0, 0.1) is 12.7 Å². The van der Waals surface area contributed by atoms with E-state index in [-0.39, 0.29) is 18.0 Å². The van der Waals surface area contributed by atoms with Crippen LogP contribution in [0.5, 0.6) is 0 Å². The van der Waals surface area contributed by atoms with Gasteiger partial charge in [-0.2, -0.15) is 0 Å². The molecule has 0 unspecified atom stereocenters. The monoisotopic (exact) mass is 384 g/mol. The highest BCUT2D eigenvalue weighted by atomic mass is 79.9. The Morgan fingerprint density at radius 3 is 2.68 bits per heavy atom. The molecule has 0 spiro atoms. The minimum absolute atomic E-state index is 0.0581. The van der Waals surface area contributed by atoms with E-state index in [1.165, 1.54) is 6.07 Å². The van der Waals surface area contributed by atoms with E-state index in [1.54, 1.807) is 18.2 Å². The molecule has 0 N–H and O–H groups in total. The van der Waals surface area contributed by atoms with Gasteiger partial charge in [-0.1, -0.05) is 44.0 Å². The Kier molecular flexibility index (Phi) is 4.53. The summed E-state index contributed by atoms with van der Waals surface area (Å²) in [5.41, 5.74) is 1.90. The van der Waals surface area contributed by atoms with Gasteiger partial charge in [0.2, 0.25) is 0 Å². The minimum atomic E-state index is -0.357. The standard InChI is InChI=1S/C15H11Br2FO/c1-9-12(3-2-4-13(9)17)15(19)8-10-7-11(16)5-6-14(10)18/h2-7H,8H2,1H3. The van der Waals surface area contributed by atoms with Crippen LogP contribution >= 0.6 is 31.9 Å². The van der Waals surface area contributed by atoms with Gasteiger partial charge in [-0.05, 0) is 42.3 Å². The van der Waals surface area contributed by atoms with Crippen molar-refractivity contribution in [2.45, 2.75) is 13.3 Å². The summed E-state index contributed by atoms with van der Waals surface area (Å²) in [6, 6.07) is 10.1. The second-order valence-electron chi connectivity index (χ2n) is 4.25. The number of carbonyl (C=O) groups excluding carboxylic acids is 1. The van der Waals surface area contributed by atoms with Gasteiger partial charge >= 0.3 is 0 Å². The van der Waals surface area contributed by atoms with Crippen molar-refractivity contribution in [3.05, 3.63) is 67.9 Å². The molecule has 1 nitrogen and oxygen atoms in total. The molecule has 0 amide bonds. The number of halogens is 3. The number of carbonyl (C=O) groups is 1. The Morgan fingerprint density at radius 1 is 1.21 bits per heavy atom. The molecule has 0 fully saturated rings. The van der Waals surface area contributed by atoms with Crippen molar-refractivity contribution in [3.63, 3.8) is 0 Å². The SMILES string of the molecule is Cc1c(Br)cccc1C(=O)Cc1cc(Br)ccc1F. The maximum Gasteiger partial charge on any atom is 0.167 e. The number of rotatable bonds is 3. The van der Waals surface area contributed by atoms with E-state index in [0.29, 0.717) is 11.1 Å². The first-order valence-electron chi connectivity index (χ1n) is 5.71. The molecule has 2 aromatic rings. The summed E-state index contributed by atoms with van der Waals surface area (Å²) in [7, 11) is 0. The molecule has 98 valence electrons. The highest BCUT2D eigenvalue weighted by Gasteiger charge is 2.14. The average molecular weight is 386 g/mol. The van der Waals surface area contributed by atoms with Crippen LogP contribution in [0.2, 0.25) is 0 Å². The van der Waals surface area contributed by atoms with E-state index >= 15 is 0 Å². The lowest BCUT2D eigenvalue weighted by Gasteiger charge is -2.08. The predicted octanol–water partition coefficient (Wildman–Crippen LogP) is 5.08. The number of benzene rings is 2. The molecule has 0 aliphatic rings. The molecule has 4 heteroatoms. The molecule has 0 aliphatic heterocycles. The summed E-state index contributed by atoms with van der Waals surface area (Å²) in [4.78, 5) is 12.2. The van der Waals surface area contributed by atoms with Crippen molar-refractivity contribution in [1.82, 2.24) is 0 Å². The molecule has 0 radical (unpaired) electrons. The van der Waals surface area contributed by atoms with Crippen LogP contribution in [0.15, 0.2) is 45.3 Å². The second kappa shape index (κ2) is 5.97. The highest BCUT2D eigenvalue weighted by Crippen LogP contribution is 2.22. The quantitative estimate of drug-likeness (QED) is 0.673. The van der Waals surface area contributed by atoms with Crippen molar-refractivity contribution in [2.75, 3.05) is 0 Å². The minimum Gasteiger partial charge on any atom is -0.294 e. The van der Waals surface area contributed by atoms with E-state index in [0.717, 1.165) is 14.5 Å². The third-order valence-corrected chi connectivity index (χ3v) is 4.28. The fourth-order valence-corrected chi connectivity index (χ4v) is 2.63. The van der Waals surface area contributed by atoms with Crippen LogP contribution in [0.3, 0.4) is 0 Å². The second-order valence-corrected chi connectivity index (χ2v) is 6.02. The molecule has 0 atom stereocenters. The van der Waals surface area contributed by atoms with Gasteiger partial charge in [-0.25, -0.2) is 4.39 Å². The largest absolute Gasteiger partial charge is 0.294 e. The van der Waals surface area contributed by atoms with Crippen LogP contribution in [-0.4, -0.2) is 5.78 Å². The fourth-order valence-electron chi connectivity index (χ4n) is 1.86. The lowest BCUT2D eigenvalue weighted by molar-refractivity contribution is 0.0991. The zero-order chi connectivity index (χ0) is 14.0. The Balaban J connectivity index is 2.31. The first-order valence-corrected chi connectivity index (χ1v) is 7.30. The zero-order valence-corrected chi connectivity index (χ0v) is 13.4. The lowest BCUT2D eigenvalue weighted by Crippen LogP contribution is -2.07. The van der Waals surface area contributed by atoms with Crippen LogP contribution in [-0.2, 0) is 6.42 Å². The maximum atomic E-state index is 13.6. The topological polar surface area (TPSA) is 17.1 Å². The molecule has 0 saturated carbocycles.